The van der Waals surface area contributed by atoms with Crippen LogP contribution in [0.5, 0.6) is 0 Å². The maximum atomic E-state index is 3.37. The van der Waals surface area contributed by atoms with Gasteiger partial charge in [-0.25, -0.2) is 0 Å². The number of halogens is 1. The summed E-state index contributed by atoms with van der Waals surface area (Å²) in [7, 11) is 0. The molecular formula is C12H12BrN. The van der Waals surface area contributed by atoms with E-state index < -0.39 is 0 Å². The topological polar surface area (TPSA) is 15.8 Å². The Kier molecular flexibility index (Phi) is 2.73. The van der Waals surface area contributed by atoms with Crippen molar-refractivity contribution in [3.8, 4) is 0 Å². The normalized spacial score (nSPS) is 11.6. The summed E-state index contributed by atoms with van der Waals surface area (Å²) < 4.78 is 0. The summed E-state index contributed by atoms with van der Waals surface area (Å²) in [5.41, 5.74) is 3.74. The first kappa shape index (κ1) is 9.53. The second-order valence-corrected chi connectivity index (χ2v) is 4.00. The molecule has 2 rings (SSSR count). The van der Waals surface area contributed by atoms with E-state index in [0.717, 1.165) is 5.33 Å². The molecule has 1 heterocycles. The highest BCUT2D eigenvalue weighted by atomic mass is 79.9. The van der Waals surface area contributed by atoms with Crippen molar-refractivity contribution in [1.82, 2.24) is 4.98 Å². The van der Waals surface area contributed by atoms with Gasteiger partial charge in [0, 0.05) is 22.4 Å². The SMILES string of the molecule is Cc1ccc2c(C=CCBr)c[nH]c2c1. The van der Waals surface area contributed by atoms with Crippen molar-refractivity contribution >= 4 is 32.9 Å². The van der Waals surface area contributed by atoms with Gasteiger partial charge in [0.05, 0.1) is 0 Å². The third-order valence-electron chi connectivity index (χ3n) is 2.26. The Morgan fingerprint density at radius 2 is 2.29 bits per heavy atom. The molecule has 0 aliphatic rings. The maximum Gasteiger partial charge on any atom is 0.0462 e. The second-order valence-electron chi connectivity index (χ2n) is 3.35. The van der Waals surface area contributed by atoms with E-state index in [9.17, 15) is 0 Å². The number of H-pyrrole nitrogens is 1. The summed E-state index contributed by atoms with van der Waals surface area (Å²) in [5.74, 6) is 0. The van der Waals surface area contributed by atoms with Gasteiger partial charge in [-0.2, -0.15) is 0 Å². The van der Waals surface area contributed by atoms with Crippen molar-refractivity contribution in [2.75, 3.05) is 5.33 Å². The smallest absolute Gasteiger partial charge is 0.0462 e. The first-order valence-corrected chi connectivity index (χ1v) is 5.73. The standard InChI is InChI=1S/C12H12BrN/c1-9-4-5-11-10(3-2-6-13)8-14-12(11)7-9/h2-5,7-8,14H,6H2,1H3. The van der Waals surface area contributed by atoms with Crippen LogP contribution in [0.1, 0.15) is 11.1 Å². The van der Waals surface area contributed by atoms with E-state index in [-0.39, 0.29) is 0 Å². The quantitative estimate of drug-likeness (QED) is 0.778. The average molecular weight is 250 g/mol. The molecule has 72 valence electrons. The number of fused-ring (bicyclic) bond motifs is 1. The van der Waals surface area contributed by atoms with Crippen LogP contribution in [0.25, 0.3) is 17.0 Å². The van der Waals surface area contributed by atoms with Gasteiger partial charge in [0.25, 0.3) is 0 Å². The van der Waals surface area contributed by atoms with Gasteiger partial charge in [-0.3, -0.25) is 0 Å². The fourth-order valence-electron chi connectivity index (χ4n) is 1.57. The lowest BCUT2D eigenvalue weighted by Crippen LogP contribution is -1.72. The first-order valence-electron chi connectivity index (χ1n) is 4.61. The van der Waals surface area contributed by atoms with Gasteiger partial charge in [0.1, 0.15) is 0 Å². The lowest BCUT2D eigenvalue weighted by atomic mass is 10.1. The van der Waals surface area contributed by atoms with Gasteiger partial charge in [-0.1, -0.05) is 40.2 Å². The minimum atomic E-state index is 0.894. The van der Waals surface area contributed by atoms with Crippen LogP contribution < -0.4 is 0 Å². The summed E-state index contributed by atoms with van der Waals surface area (Å²) in [4.78, 5) is 3.27. The van der Waals surface area contributed by atoms with Gasteiger partial charge in [0.15, 0.2) is 0 Å². The molecule has 0 spiro atoms. The number of nitrogens with one attached hydrogen (secondary N) is 1. The second kappa shape index (κ2) is 4.01. The molecule has 0 saturated heterocycles. The van der Waals surface area contributed by atoms with Crippen molar-refractivity contribution in [3.05, 3.63) is 41.6 Å². The minimum Gasteiger partial charge on any atom is -0.361 e. The summed E-state index contributed by atoms with van der Waals surface area (Å²) in [5, 5.41) is 2.18. The molecule has 0 amide bonds. The molecule has 0 aliphatic heterocycles. The Balaban J connectivity index is 2.53. The molecular weight excluding hydrogens is 238 g/mol. The number of hydrogen-bond acceptors (Lipinski definition) is 0. The third kappa shape index (κ3) is 1.75. The molecule has 0 saturated carbocycles. The molecule has 2 heteroatoms. The molecule has 1 aromatic heterocycles. The van der Waals surface area contributed by atoms with E-state index in [2.05, 4.69) is 58.2 Å². The zero-order chi connectivity index (χ0) is 9.97. The number of alkyl halides is 1. The van der Waals surface area contributed by atoms with E-state index in [0.29, 0.717) is 0 Å². The predicted octanol–water partition coefficient (Wildman–Crippen LogP) is 3.88. The Morgan fingerprint density at radius 1 is 1.43 bits per heavy atom. The Hall–Kier alpha value is -1.02. The van der Waals surface area contributed by atoms with Gasteiger partial charge in [-0.05, 0) is 24.1 Å². The van der Waals surface area contributed by atoms with Crippen LogP contribution in [-0.4, -0.2) is 10.3 Å². The minimum absolute atomic E-state index is 0.894. The van der Waals surface area contributed by atoms with E-state index >= 15 is 0 Å². The van der Waals surface area contributed by atoms with Gasteiger partial charge in [-0.15, -0.1) is 0 Å². The zero-order valence-corrected chi connectivity index (χ0v) is 9.64. The van der Waals surface area contributed by atoms with Crippen molar-refractivity contribution in [1.29, 1.82) is 0 Å². The molecule has 0 aliphatic carbocycles. The fraction of sp³-hybridized carbons (Fsp3) is 0.167. The number of rotatable bonds is 2. The highest BCUT2D eigenvalue weighted by Gasteiger charge is 1.99. The van der Waals surface area contributed by atoms with Gasteiger partial charge >= 0.3 is 0 Å². The molecule has 2 aromatic rings. The molecule has 0 atom stereocenters. The third-order valence-corrected chi connectivity index (χ3v) is 2.63. The lowest BCUT2D eigenvalue weighted by Gasteiger charge is -1.93. The lowest BCUT2D eigenvalue weighted by molar-refractivity contribution is 1.44. The van der Waals surface area contributed by atoms with Crippen LogP contribution in [-0.2, 0) is 0 Å². The van der Waals surface area contributed by atoms with Crippen LogP contribution in [0.3, 0.4) is 0 Å². The van der Waals surface area contributed by atoms with E-state index in [1.165, 1.54) is 22.0 Å². The zero-order valence-electron chi connectivity index (χ0n) is 8.05. The Labute approximate surface area is 92.0 Å². The molecule has 0 radical (unpaired) electrons. The van der Waals surface area contributed by atoms with Crippen molar-refractivity contribution in [3.63, 3.8) is 0 Å². The summed E-state index contributed by atoms with van der Waals surface area (Å²) in [6, 6.07) is 6.47. The summed E-state index contributed by atoms with van der Waals surface area (Å²) >= 11 is 3.37. The monoisotopic (exact) mass is 249 g/mol. The number of hydrogen-bond donors (Lipinski definition) is 1. The number of allylic oxidation sites excluding steroid dienone is 1. The highest BCUT2D eigenvalue weighted by Crippen LogP contribution is 2.20. The number of benzene rings is 1. The Morgan fingerprint density at radius 3 is 3.07 bits per heavy atom. The van der Waals surface area contributed by atoms with Crippen LogP contribution in [0.4, 0.5) is 0 Å². The van der Waals surface area contributed by atoms with Crippen molar-refractivity contribution in [2.45, 2.75) is 6.92 Å². The molecule has 0 unspecified atom stereocenters. The summed E-state index contributed by atoms with van der Waals surface area (Å²) in [6.45, 7) is 2.11. The van der Waals surface area contributed by atoms with E-state index in [4.69, 9.17) is 0 Å². The van der Waals surface area contributed by atoms with Crippen molar-refractivity contribution < 1.29 is 0 Å². The Bertz CT molecular complexity index is 468. The maximum absolute atomic E-state index is 3.37. The molecule has 0 fully saturated rings. The fourth-order valence-corrected chi connectivity index (χ4v) is 1.76. The van der Waals surface area contributed by atoms with Crippen molar-refractivity contribution in [2.24, 2.45) is 0 Å². The molecule has 14 heavy (non-hydrogen) atoms. The predicted molar refractivity (Wildman–Crippen MR) is 65.9 cm³/mol. The summed E-state index contributed by atoms with van der Waals surface area (Å²) in [6.07, 6.45) is 6.27. The van der Waals surface area contributed by atoms with Gasteiger partial charge < -0.3 is 4.98 Å². The molecule has 0 bridgehead atoms. The largest absolute Gasteiger partial charge is 0.361 e. The first-order chi connectivity index (χ1) is 6.81. The highest BCUT2D eigenvalue weighted by molar-refractivity contribution is 9.09. The van der Waals surface area contributed by atoms with E-state index in [1.54, 1.807) is 0 Å². The van der Waals surface area contributed by atoms with Crippen LogP contribution in [0.15, 0.2) is 30.5 Å². The number of aryl methyl sites for hydroxylation is 1. The average Bonchev–Trinajstić information content (AvgIpc) is 2.57. The number of aromatic nitrogens is 1. The molecule has 1 N–H and O–H groups in total. The van der Waals surface area contributed by atoms with Crippen LogP contribution in [0, 0.1) is 6.92 Å². The molecule has 1 nitrogen and oxygen atoms in total. The number of aromatic amines is 1. The van der Waals surface area contributed by atoms with Gasteiger partial charge in [0.2, 0.25) is 0 Å². The van der Waals surface area contributed by atoms with Crippen LogP contribution in [0.2, 0.25) is 0 Å². The van der Waals surface area contributed by atoms with E-state index in [1.807, 2.05) is 6.20 Å². The van der Waals surface area contributed by atoms with Crippen LogP contribution >= 0.6 is 15.9 Å². The molecule has 1 aromatic carbocycles.